The average Bonchev–Trinajstić information content (AvgIpc) is 2.62. The first-order valence-corrected chi connectivity index (χ1v) is 8.51. The molecular weight excluding hydrogens is 300 g/mol. The molecule has 1 aliphatic heterocycles. The van der Waals surface area contributed by atoms with Gasteiger partial charge in [0.05, 0.1) is 14.2 Å². The van der Waals surface area contributed by atoms with Crippen LogP contribution in [0, 0.1) is 0 Å². The van der Waals surface area contributed by atoms with Gasteiger partial charge in [-0.15, -0.1) is 0 Å². The van der Waals surface area contributed by atoms with Crippen molar-refractivity contribution in [2.75, 3.05) is 33.0 Å². The van der Waals surface area contributed by atoms with Gasteiger partial charge in [-0.25, -0.2) is 0 Å². The van der Waals surface area contributed by atoms with Crippen molar-refractivity contribution < 1.29 is 9.47 Å². The standard InChI is InChI=1S/C20H26N2O2/c1-23-19-13-18(21)17-14-22(12-10-16(17)20(19)24-2)11-6-9-15-7-4-3-5-8-15/h3-5,7-8,13H,6,9-12,14,21H2,1-2H3. The van der Waals surface area contributed by atoms with E-state index in [4.69, 9.17) is 15.2 Å². The van der Waals surface area contributed by atoms with Gasteiger partial charge in [0.2, 0.25) is 0 Å². The number of hydrogen-bond acceptors (Lipinski definition) is 4. The third kappa shape index (κ3) is 3.49. The maximum atomic E-state index is 6.26. The van der Waals surface area contributed by atoms with Gasteiger partial charge < -0.3 is 15.2 Å². The van der Waals surface area contributed by atoms with Gasteiger partial charge in [0.1, 0.15) is 0 Å². The second kappa shape index (κ2) is 7.58. The number of rotatable bonds is 6. The SMILES string of the molecule is COc1cc(N)c2c(c1OC)CCN(CCCc1ccccc1)C2. The van der Waals surface area contributed by atoms with Gasteiger partial charge in [0.15, 0.2) is 11.5 Å². The minimum atomic E-state index is 0.728. The molecule has 0 atom stereocenters. The van der Waals surface area contributed by atoms with Crippen LogP contribution in [-0.2, 0) is 19.4 Å². The van der Waals surface area contributed by atoms with Crippen molar-refractivity contribution in [3.05, 3.63) is 53.1 Å². The molecule has 1 aliphatic rings. The van der Waals surface area contributed by atoms with Crippen LogP contribution in [0.15, 0.2) is 36.4 Å². The van der Waals surface area contributed by atoms with E-state index in [1.54, 1.807) is 14.2 Å². The smallest absolute Gasteiger partial charge is 0.164 e. The quantitative estimate of drug-likeness (QED) is 0.828. The largest absolute Gasteiger partial charge is 0.493 e. The molecule has 2 aromatic carbocycles. The molecule has 0 aliphatic carbocycles. The molecular formula is C20H26N2O2. The number of nitrogens with zero attached hydrogens (tertiary/aromatic N) is 1. The van der Waals surface area contributed by atoms with Crippen molar-refractivity contribution in [2.45, 2.75) is 25.8 Å². The number of aryl methyl sites for hydroxylation is 1. The molecule has 0 spiro atoms. The monoisotopic (exact) mass is 326 g/mol. The number of fused-ring (bicyclic) bond motifs is 1. The molecule has 0 saturated carbocycles. The number of methoxy groups -OCH3 is 2. The van der Waals surface area contributed by atoms with E-state index in [1.165, 1.54) is 16.7 Å². The van der Waals surface area contributed by atoms with Gasteiger partial charge in [0.25, 0.3) is 0 Å². The fourth-order valence-corrected chi connectivity index (χ4v) is 3.50. The first-order chi connectivity index (χ1) is 11.7. The molecule has 3 rings (SSSR count). The summed E-state index contributed by atoms with van der Waals surface area (Å²) in [6, 6.07) is 12.5. The lowest BCUT2D eigenvalue weighted by atomic mass is 9.96. The van der Waals surface area contributed by atoms with Crippen molar-refractivity contribution in [1.29, 1.82) is 0 Å². The van der Waals surface area contributed by atoms with E-state index in [0.717, 1.165) is 56.1 Å². The Morgan fingerprint density at radius 2 is 1.88 bits per heavy atom. The second-order valence-electron chi connectivity index (χ2n) is 6.27. The highest BCUT2D eigenvalue weighted by Crippen LogP contribution is 2.39. The molecule has 2 aromatic rings. The maximum Gasteiger partial charge on any atom is 0.164 e. The zero-order valence-corrected chi connectivity index (χ0v) is 14.5. The number of benzene rings is 2. The minimum Gasteiger partial charge on any atom is -0.493 e. The van der Waals surface area contributed by atoms with E-state index in [1.807, 2.05) is 6.07 Å². The Balaban J connectivity index is 1.66. The van der Waals surface area contributed by atoms with E-state index >= 15 is 0 Å². The lowest BCUT2D eigenvalue weighted by molar-refractivity contribution is 0.247. The topological polar surface area (TPSA) is 47.7 Å². The predicted octanol–water partition coefficient (Wildman–Crippen LogP) is 3.28. The summed E-state index contributed by atoms with van der Waals surface area (Å²) in [6.07, 6.45) is 3.23. The van der Waals surface area contributed by atoms with E-state index in [9.17, 15) is 0 Å². The zero-order valence-electron chi connectivity index (χ0n) is 14.5. The molecule has 0 saturated heterocycles. The van der Waals surface area contributed by atoms with E-state index in [2.05, 4.69) is 35.2 Å². The number of hydrogen-bond donors (Lipinski definition) is 1. The summed E-state index contributed by atoms with van der Waals surface area (Å²) in [5.74, 6) is 1.57. The summed E-state index contributed by atoms with van der Waals surface area (Å²) in [5.41, 5.74) is 10.9. The summed E-state index contributed by atoms with van der Waals surface area (Å²) in [7, 11) is 3.35. The molecule has 0 amide bonds. The Labute approximate surface area is 144 Å². The van der Waals surface area contributed by atoms with Crippen LogP contribution < -0.4 is 15.2 Å². The number of nitrogens with two attached hydrogens (primary N) is 1. The van der Waals surface area contributed by atoms with Crippen molar-refractivity contribution in [1.82, 2.24) is 4.90 Å². The normalized spacial score (nSPS) is 14.2. The Morgan fingerprint density at radius 1 is 1.08 bits per heavy atom. The van der Waals surface area contributed by atoms with E-state index < -0.39 is 0 Å². The average molecular weight is 326 g/mol. The summed E-state index contributed by atoms with van der Waals surface area (Å²) in [4.78, 5) is 2.48. The first kappa shape index (κ1) is 16.7. The van der Waals surface area contributed by atoms with Gasteiger partial charge >= 0.3 is 0 Å². The third-order valence-electron chi connectivity index (χ3n) is 4.76. The van der Waals surface area contributed by atoms with Gasteiger partial charge in [0, 0.05) is 30.4 Å². The fraction of sp³-hybridized carbons (Fsp3) is 0.400. The van der Waals surface area contributed by atoms with Crippen molar-refractivity contribution in [3.8, 4) is 11.5 Å². The van der Waals surface area contributed by atoms with Crippen molar-refractivity contribution in [2.24, 2.45) is 0 Å². The number of anilines is 1. The first-order valence-electron chi connectivity index (χ1n) is 8.51. The lowest BCUT2D eigenvalue weighted by Gasteiger charge is -2.31. The van der Waals surface area contributed by atoms with Crippen LogP contribution in [0.1, 0.15) is 23.1 Å². The predicted molar refractivity (Wildman–Crippen MR) is 97.7 cm³/mol. The minimum absolute atomic E-state index is 0.728. The molecule has 128 valence electrons. The Morgan fingerprint density at radius 3 is 2.58 bits per heavy atom. The second-order valence-corrected chi connectivity index (χ2v) is 6.27. The van der Waals surface area contributed by atoms with Crippen molar-refractivity contribution >= 4 is 5.69 Å². The van der Waals surface area contributed by atoms with Crippen LogP contribution in [0.25, 0.3) is 0 Å². The van der Waals surface area contributed by atoms with Crippen LogP contribution in [0.4, 0.5) is 5.69 Å². The van der Waals surface area contributed by atoms with Crippen LogP contribution in [0.3, 0.4) is 0 Å². The van der Waals surface area contributed by atoms with Gasteiger partial charge in [-0.1, -0.05) is 30.3 Å². The fourth-order valence-electron chi connectivity index (χ4n) is 3.50. The van der Waals surface area contributed by atoms with Gasteiger partial charge in [-0.2, -0.15) is 0 Å². The molecule has 4 heteroatoms. The highest BCUT2D eigenvalue weighted by atomic mass is 16.5. The molecule has 0 bridgehead atoms. The maximum absolute atomic E-state index is 6.26. The molecule has 0 aromatic heterocycles. The third-order valence-corrected chi connectivity index (χ3v) is 4.76. The Hall–Kier alpha value is -2.20. The lowest BCUT2D eigenvalue weighted by Crippen LogP contribution is -2.32. The molecule has 2 N–H and O–H groups in total. The van der Waals surface area contributed by atoms with Gasteiger partial charge in [-0.3, -0.25) is 4.90 Å². The molecule has 4 nitrogen and oxygen atoms in total. The van der Waals surface area contributed by atoms with Gasteiger partial charge in [-0.05, 0) is 36.9 Å². The number of nitrogen functional groups attached to an aromatic ring is 1. The van der Waals surface area contributed by atoms with E-state index in [0.29, 0.717) is 0 Å². The van der Waals surface area contributed by atoms with Crippen molar-refractivity contribution in [3.63, 3.8) is 0 Å². The highest BCUT2D eigenvalue weighted by molar-refractivity contribution is 5.64. The summed E-state index contributed by atoms with van der Waals surface area (Å²) >= 11 is 0. The summed E-state index contributed by atoms with van der Waals surface area (Å²) in [5, 5.41) is 0. The van der Waals surface area contributed by atoms with E-state index in [-0.39, 0.29) is 0 Å². The molecule has 1 heterocycles. The van der Waals surface area contributed by atoms with Crippen LogP contribution in [-0.4, -0.2) is 32.2 Å². The molecule has 0 radical (unpaired) electrons. The molecule has 24 heavy (non-hydrogen) atoms. The number of ether oxygens (including phenoxy) is 2. The summed E-state index contributed by atoms with van der Waals surface area (Å²) < 4.78 is 11.0. The zero-order chi connectivity index (χ0) is 16.9. The highest BCUT2D eigenvalue weighted by Gasteiger charge is 2.24. The Kier molecular flexibility index (Phi) is 5.26. The van der Waals surface area contributed by atoms with Crippen LogP contribution in [0.5, 0.6) is 11.5 Å². The van der Waals surface area contributed by atoms with Crippen LogP contribution in [0.2, 0.25) is 0 Å². The Bertz CT molecular complexity index is 686. The van der Waals surface area contributed by atoms with Crippen LogP contribution >= 0.6 is 0 Å². The summed E-state index contributed by atoms with van der Waals surface area (Å²) in [6.45, 7) is 3.00. The molecule has 0 fully saturated rings. The molecule has 0 unspecified atom stereocenters.